The summed E-state index contributed by atoms with van der Waals surface area (Å²) >= 11 is 0. The maximum Gasteiger partial charge on any atom is 0.229 e. The van der Waals surface area contributed by atoms with Crippen LogP contribution in [-0.4, -0.2) is 16.7 Å². The van der Waals surface area contributed by atoms with Crippen LogP contribution in [0, 0.1) is 11.1 Å². The van der Waals surface area contributed by atoms with Crippen LogP contribution in [0.15, 0.2) is 24.4 Å². The summed E-state index contributed by atoms with van der Waals surface area (Å²) in [6.07, 6.45) is 4.76. The number of fused-ring (bicyclic) bond motifs is 3. The summed E-state index contributed by atoms with van der Waals surface area (Å²) in [5, 5.41) is 13.4. The minimum Gasteiger partial charge on any atom is -0.618 e. The van der Waals surface area contributed by atoms with E-state index in [0.29, 0.717) is 17.2 Å². The molecular weight excluding hydrogens is 302 g/mol. The molecule has 0 N–H and O–H groups in total. The van der Waals surface area contributed by atoms with E-state index in [1.807, 2.05) is 12.1 Å². The normalized spacial score (nSPS) is 11.7. The molecule has 0 aliphatic rings. The zero-order valence-electron chi connectivity index (χ0n) is 14.9. The molecule has 128 valence electrons. The van der Waals surface area contributed by atoms with Crippen molar-refractivity contribution in [2.24, 2.45) is 5.92 Å². The number of aryl methyl sites for hydroxylation is 1. The molecule has 5 nitrogen and oxygen atoms in total. The van der Waals surface area contributed by atoms with Gasteiger partial charge in [0.05, 0.1) is 24.1 Å². The summed E-state index contributed by atoms with van der Waals surface area (Å²) in [5.74, 6) is 2.27. The van der Waals surface area contributed by atoms with Crippen LogP contribution >= 0.6 is 0 Å². The average molecular weight is 327 g/mol. The molecule has 1 aromatic carbocycles. The SMILES string of the molecule is CCCCc1nc2c[n+]([O-])c3cc(OC)ccc3c2n1CC(C)C. The Bertz CT molecular complexity index is 868. The molecule has 0 saturated carbocycles. The fourth-order valence-corrected chi connectivity index (χ4v) is 3.18. The first-order valence-electron chi connectivity index (χ1n) is 8.64. The monoisotopic (exact) mass is 327 g/mol. The summed E-state index contributed by atoms with van der Waals surface area (Å²) in [6.45, 7) is 7.50. The number of pyridine rings is 1. The van der Waals surface area contributed by atoms with Crippen LogP contribution in [0.4, 0.5) is 0 Å². The van der Waals surface area contributed by atoms with Crippen molar-refractivity contribution in [3.63, 3.8) is 0 Å². The molecule has 3 aromatic rings. The number of hydrogen-bond acceptors (Lipinski definition) is 3. The first-order valence-corrected chi connectivity index (χ1v) is 8.64. The average Bonchev–Trinajstić information content (AvgIpc) is 2.89. The maximum atomic E-state index is 12.4. The van der Waals surface area contributed by atoms with Crippen molar-refractivity contribution in [3.05, 3.63) is 35.4 Å². The van der Waals surface area contributed by atoms with Crippen LogP contribution in [0.2, 0.25) is 0 Å². The third kappa shape index (κ3) is 2.90. The summed E-state index contributed by atoms with van der Waals surface area (Å²) in [6, 6.07) is 5.66. The van der Waals surface area contributed by atoms with E-state index in [1.165, 1.54) is 0 Å². The van der Waals surface area contributed by atoms with Crippen LogP contribution in [0.1, 0.15) is 39.4 Å². The van der Waals surface area contributed by atoms with Gasteiger partial charge in [-0.2, -0.15) is 4.73 Å². The lowest BCUT2D eigenvalue weighted by atomic mass is 10.1. The third-order valence-corrected chi connectivity index (χ3v) is 4.31. The van der Waals surface area contributed by atoms with Crippen molar-refractivity contribution in [1.82, 2.24) is 9.55 Å². The predicted octanol–water partition coefficient (Wildman–Crippen LogP) is 3.83. The van der Waals surface area contributed by atoms with Crippen molar-refractivity contribution in [1.29, 1.82) is 0 Å². The van der Waals surface area contributed by atoms with Crippen LogP contribution in [0.5, 0.6) is 5.75 Å². The fourth-order valence-electron chi connectivity index (χ4n) is 3.18. The standard InChI is InChI=1S/C19H25N3O2/c1-5-6-7-18-20-16-12-22(23)17-10-14(24-4)8-9-15(17)19(16)21(18)11-13(2)3/h8-10,12-13H,5-7,11H2,1-4H3. The Morgan fingerprint density at radius 2 is 2.12 bits per heavy atom. The molecule has 0 spiro atoms. The minimum atomic E-state index is 0.510. The van der Waals surface area contributed by atoms with Gasteiger partial charge >= 0.3 is 0 Å². The molecular formula is C19H25N3O2. The number of ether oxygens (including phenoxy) is 1. The zero-order valence-corrected chi connectivity index (χ0v) is 14.9. The highest BCUT2D eigenvalue weighted by atomic mass is 16.5. The fraction of sp³-hybridized carbons (Fsp3) is 0.474. The lowest BCUT2D eigenvalue weighted by Gasteiger charge is -2.13. The van der Waals surface area contributed by atoms with Crippen molar-refractivity contribution < 1.29 is 9.47 Å². The molecule has 0 atom stereocenters. The van der Waals surface area contributed by atoms with Crippen LogP contribution in [0.25, 0.3) is 21.9 Å². The molecule has 0 aliphatic heterocycles. The van der Waals surface area contributed by atoms with Crippen LogP contribution in [-0.2, 0) is 13.0 Å². The summed E-state index contributed by atoms with van der Waals surface area (Å²) in [5.41, 5.74) is 2.45. The van der Waals surface area contributed by atoms with Gasteiger partial charge in [0.25, 0.3) is 0 Å². The first kappa shape index (κ1) is 16.6. The quantitative estimate of drug-likeness (QED) is 0.511. The number of aromatic nitrogens is 3. The van der Waals surface area contributed by atoms with Crippen molar-refractivity contribution in [2.75, 3.05) is 7.11 Å². The van der Waals surface area contributed by atoms with Crippen molar-refractivity contribution in [2.45, 2.75) is 46.6 Å². The van der Waals surface area contributed by atoms with E-state index < -0.39 is 0 Å². The van der Waals surface area contributed by atoms with E-state index in [4.69, 9.17) is 9.72 Å². The number of methoxy groups -OCH3 is 1. The summed E-state index contributed by atoms with van der Waals surface area (Å²) in [7, 11) is 1.61. The molecule has 0 unspecified atom stereocenters. The summed E-state index contributed by atoms with van der Waals surface area (Å²) < 4.78 is 8.46. The molecule has 2 heterocycles. The Morgan fingerprint density at radius 1 is 1.33 bits per heavy atom. The Morgan fingerprint density at radius 3 is 2.79 bits per heavy atom. The lowest BCUT2D eigenvalue weighted by Crippen LogP contribution is -2.26. The second-order valence-electron chi connectivity index (χ2n) is 6.71. The van der Waals surface area contributed by atoms with Crippen molar-refractivity contribution >= 4 is 21.9 Å². The van der Waals surface area contributed by atoms with Gasteiger partial charge in [0, 0.05) is 13.0 Å². The smallest absolute Gasteiger partial charge is 0.229 e. The molecule has 0 aliphatic carbocycles. The van der Waals surface area contributed by atoms with E-state index in [1.54, 1.807) is 19.4 Å². The number of hydrogen-bond donors (Lipinski definition) is 0. The lowest BCUT2D eigenvalue weighted by molar-refractivity contribution is -0.575. The van der Waals surface area contributed by atoms with E-state index >= 15 is 0 Å². The van der Waals surface area contributed by atoms with E-state index in [9.17, 15) is 5.21 Å². The molecule has 24 heavy (non-hydrogen) atoms. The van der Waals surface area contributed by atoms with E-state index in [0.717, 1.165) is 52.8 Å². The van der Waals surface area contributed by atoms with Gasteiger partial charge in [0.2, 0.25) is 11.7 Å². The van der Waals surface area contributed by atoms with Gasteiger partial charge in [-0.05, 0) is 24.5 Å². The number of benzene rings is 1. The highest BCUT2D eigenvalue weighted by Crippen LogP contribution is 2.28. The molecule has 5 heteroatoms. The predicted molar refractivity (Wildman–Crippen MR) is 96.2 cm³/mol. The molecule has 0 bridgehead atoms. The van der Waals surface area contributed by atoms with Gasteiger partial charge in [-0.15, -0.1) is 0 Å². The van der Waals surface area contributed by atoms with Crippen molar-refractivity contribution in [3.8, 4) is 5.75 Å². The second kappa shape index (κ2) is 6.67. The Balaban J connectivity index is 2.30. The second-order valence-corrected chi connectivity index (χ2v) is 6.71. The topological polar surface area (TPSA) is 54.0 Å². The molecule has 0 fully saturated rings. The number of unbranched alkanes of at least 4 members (excludes halogenated alkanes) is 1. The van der Waals surface area contributed by atoms with Gasteiger partial charge in [0.15, 0.2) is 5.52 Å². The zero-order chi connectivity index (χ0) is 17.3. The van der Waals surface area contributed by atoms with Gasteiger partial charge < -0.3 is 14.5 Å². The molecule has 2 aromatic heterocycles. The Labute approximate surface area is 142 Å². The first-order chi connectivity index (χ1) is 11.5. The summed E-state index contributed by atoms with van der Waals surface area (Å²) in [4.78, 5) is 4.77. The number of rotatable bonds is 6. The Kier molecular flexibility index (Phi) is 4.60. The third-order valence-electron chi connectivity index (χ3n) is 4.31. The molecule has 0 saturated heterocycles. The molecule has 3 rings (SSSR count). The van der Waals surface area contributed by atoms with Gasteiger partial charge in [-0.1, -0.05) is 27.2 Å². The highest BCUT2D eigenvalue weighted by molar-refractivity contribution is 6.01. The van der Waals surface area contributed by atoms with Gasteiger partial charge in [-0.25, -0.2) is 4.98 Å². The van der Waals surface area contributed by atoms with Crippen LogP contribution in [0.3, 0.4) is 0 Å². The van der Waals surface area contributed by atoms with E-state index in [2.05, 4.69) is 25.3 Å². The molecule has 0 radical (unpaired) electrons. The minimum absolute atomic E-state index is 0.510. The van der Waals surface area contributed by atoms with E-state index in [-0.39, 0.29) is 0 Å². The van der Waals surface area contributed by atoms with Crippen LogP contribution < -0.4 is 9.47 Å². The van der Waals surface area contributed by atoms with Gasteiger partial charge in [-0.3, -0.25) is 0 Å². The Hall–Kier alpha value is -2.30. The van der Waals surface area contributed by atoms with Gasteiger partial charge in [0.1, 0.15) is 11.6 Å². The largest absolute Gasteiger partial charge is 0.618 e. The molecule has 0 amide bonds. The highest BCUT2D eigenvalue weighted by Gasteiger charge is 2.19. The number of nitrogens with zero attached hydrogens (tertiary/aromatic N) is 3. The number of imidazole rings is 1. The maximum absolute atomic E-state index is 12.4.